The zero-order valence-corrected chi connectivity index (χ0v) is 12.2. The van der Waals surface area contributed by atoms with Crippen molar-refractivity contribution >= 4 is 11.6 Å². The van der Waals surface area contributed by atoms with Gasteiger partial charge in [0.1, 0.15) is 12.4 Å². The summed E-state index contributed by atoms with van der Waals surface area (Å²) in [7, 11) is 1.67. The Labute approximate surface area is 119 Å². The molecular formula is C14H21ClO4. The summed E-state index contributed by atoms with van der Waals surface area (Å²) in [5.41, 5.74) is 0.687. The molecule has 0 aliphatic carbocycles. The van der Waals surface area contributed by atoms with Crippen molar-refractivity contribution in [2.45, 2.75) is 19.4 Å². The first kappa shape index (κ1) is 16.2. The van der Waals surface area contributed by atoms with Crippen LogP contribution in [0, 0.1) is 0 Å². The Morgan fingerprint density at radius 2 is 2.00 bits per heavy atom. The van der Waals surface area contributed by atoms with Crippen molar-refractivity contribution in [3.63, 3.8) is 0 Å². The van der Waals surface area contributed by atoms with Gasteiger partial charge >= 0.3 is 0 Å². The summed E-state index contributed by atoms with van der Waals surface area (Å²) in [6, 6.07) is 5.21. The lowest BCUT2D eigenvalue weighted by atomic mass is 10.1. The molecule has 0 spiro atoms. The molecule has 19 heavy (non-hydrogen) atoms. The Morgan fingerprint density at radius 1 is 1.21 bits per heavy atom. The van der Waals surface area contributed by atoms with E-state index in [2.05, 4.69) is 0 Å². The number of ether oxygens (including phenoxy) is 3. The molecule has 1 atom stereocenters. The summed E-state index contributed by atoms with van der Waals surface area (Å²) in [4.78, 5) is 0. The highest BCUT2D eigenvalue weighted by atomic mass is 35.5. The topological polar surface area (TPSA) is 47.9 Å². The lowest BCUT2D eigenvalue weighted by molar-refractivity contribution is 0.0795. The number of rotatable bonds is 9. The molecule has 0 saturated heterocycles. The third kappa shape index (κ3) is 6.25. The molecule has 1 rings (SSSR count). The normalized spacial score (nSPS) is 12.4. The number of methoxy groups -OCH3 is 1. The number of halogens is 1. The van der Waals surface area contributed by atoms with Gasteiger partial charge in [0.15, 0.2) is 0 Å². The van der Waals surface area contributed by atoms with Crippen molar-refractivity contribution in [2.24, 2.45) is 0 Å². The van der Waals surface area contributed by atoms with Crippen molar-refractivity contribution in [3.05, 3.63) is 28.8 Å². The van der Waals surface area contributed by atoms with Crippen LogP contribution in [-0.2, 0) is 9.47 Å². The van der Waals surface area contributed by atoms with Crippen LogP contribution in [0.4, 0.5) is 0 Å². The molecule has 108 valence electrons. The standard InChI is InChI=1S/C14H21ClO4/c1-11(16)13-10-12(15)4-5-14(13)19-9-8-18-7-3-6-17-2/h4-5,10-11,16H,3,6-9H2,1-2H3/t11-/m0/s1. The fraction of sp³-hybridized carbons (Fsp3) is 0.571. The van der Waals surface area contributed by atoms with Gasteiger partial charge in [-0.3, -0.25) is 0 Å². The summed E-state index contributed by atoms with van der Waals surface area (Å²) in [5.74, 6) is 0.639. The van der Waals surface area contributed by atoms with Gasteiger partial charge in [-0.2, -0.15) is 0 Å². The lowest BCUT2D eigenvalue weighted by Crippen LogP contribution is -2.10. The molecule has 4 nitrogen and oxygen atoms in total. The van der Waals surface area contributed by atoms with Crippen molar-refractivity contribution in [3.8, 4) is 5.75 Å². The zero-order chi connectivity index (χ0) is 14.1. The van der Waals surface area contributed by atoms with Gasteiger partial charge in [-0.05, 0) is 31.5 Å². The second kappa shape index (κ2) is 9.15. The van der Waals surface area contributed by atoms with Crippen molar-refractivity contribution in [2.75, 3.05) is 33.5 Å². The van der Waals surface area contributed by atoms with Crippen LogP contribution in [-0.4, -0.2) is 38.6 Å². The molecule has 0 heterocycles. The Balaban J connectivity index is 2.33. The van der Waals surface area contributed by atoms with Crippen LogP contribution in [0.25, 0.3) is 0 Å². The fourth-order valence-electron chi connectivity index (χ4n) is 1.60. The van der Waals surface area contributed by atoms with Crippen molar-refractivity contribution in [1.82, 2.24) is 0 Å². The maximum atomic E-state index is 9.65. The maximum Gasteiger partial charge on any atom is 0.125 e. The average Bonchev–Trinajstić information content (AvgIpc) is 2.39. The molecule has 1 aromatic rings. The van der Waals surface area contributed by atoms with Gasteiger partial charge in [-0.15, -0.1) is 0 Å². The Bertz CT molecular complexity index is 368. The third-order valence-electron chi connectivity index (χ3n) is 2.54. The average molecular weight is 289 g/mol. The van der Waals surface area contributed by atoms with Gasteiger partial charge in [0.25, 0.3) is 0 Å². The first-order valence-corrected chi connectivity index (χ1v) is 6.70. The summed E-state index contributed by atoms with van der Waals surface area (Å²) < 4.78 is 15.9. The van der Waals surface area contributed by atoms with Gasteiger partial charge in [-0.25, -0.2) is 0 Å². The van der Waals surface area contributed by atoms with Crippen LogP contribution in [0.3, 0.4) is 0 Å². The quantitative estimate of drug-likeness (QED) is 0.710. The summed E-state index contributed by atoms with van der Waals surface area (Å²) >= 11 is 5.89. The number of aliphatic hydroxyl groups is 1. The monoisotopic (exact) mass is 288 g/mol. The molecule has 0 amide bonds. The molecule has 0 saturated carbocycles. The van der Waals surface area contributed by atoms with Crippen LogP contribution in [0.15, 0.2) is 18.2 Å². The van der Waals surface area contributed by atoms with E-state index < -0.39 is 6.10 Å². The molecule has 1 N–H and O–H groups in total. The highest BCUT2D eigenvalue weighted by Crippen LogP contribution is 2.28. The molecule has 0 unspecified atom stereocenters. The third-order valence-corrected chi connectivity index (χ3v) is 2.78. The fourth-order valence-corrected chi connectivity index (χ4v) is 1.78. The van der Waals surface area contributed by atoms with E-state index >= 15 is 0 Å². The SMILES string of the molecule is COCCCOCCOc1ccc(Cl)cc1[C@H](C)O. The largest absolute Gasteiger partial charge is 0.491 e. The number of hydrogen-bond donors (Lipinski definition) is 1. The van der Waals surface area contributed by atoms with Crippen molar-refractivity contribution < 1.29 is 19.3 Å². The Hall–Kier alpha value is -0.810. The van der Waals surface area contributed by atoms with E-state index in [0.717, 1.165) is 6.42 Å². The summed E-state index contributed by atoms with van der Waals surface area (Å²) in [6.07, 6.45) is 0.257. The minimum atomic E-state index is -0.615. The van der Waals surface area contributed by atoms with E-state index in [1.807, 2.05) is 0 Å². The molecular weight excluding hydrogens is 268 g/mol. The number of aliphatic hydroxyl groups excluding tert-OH is 1. The molecule has 0 aliphatic rings. The van der Waals surface area contributed by atoms with Gasteiger partial charge < -0.3 is 19.3 Å². The van der Waals surface area contributed by atoms with E-state index in [0.29, 0.717) is 42.8 Å². The second-order valence-corrected chi connectivity index (χ2v) is 4.60. The molecule has 5 heteroatoms. The Morgan fingerprint density at radius 3 is 2.68 bits per heavy atom. The number of benzene rings is 1. The van der Waals surface area contributed by atoms with Crippen LogP contribution in [0.2, 0.25) is 5.02 Å². The van der Waals surface area contributed by atoms with Crippen LogP contribution in [0.1, 0.15) is 25.0 Å². The lowest BCUT2D eigenvalue weighted by Gasteiger charge is -2.14. The summed E-state index contributed by atoms with van der Waals surface area (Å²) in [6.45, 7) is 3.98. The minimum absolute atomic E-state index is 0.439. The zero-order valence-electron chi connectivity index (χ0n) is 11.4. The molecule has 0 aromatic heterocycles. The second-order valence-electron chi connectivity index (χ2n) is 4.17. The number of hydrogen-bond acceptors (Lipinski definition) is 4. The highest BCUT2D eigenvalue weighted by Gasteiger charge is 2.09. The van der Waals surface area contributed by atoms with E-state index in [4.69, 9.17) is 25.8 Å². The van der Waals surface area contributed by atoms with Crippen LogP contribution < -0.4 is 4.74 Å². The smallest absolute Gasteiger partial charge is 0.125 e. The molecule has 1 aromatic carbocycles. The predicted molar refractivity (Wildman–Crippen MR) is 74.9 cm³/mol. The van der Waals surface area contributed by atoms with Gasteiger partial charge in [0, 0.05) is 30.9 Å². The highest BCUT2D eigenvalue weighted by molar-refractivity contribution is 6.30. The van der Waals surface area contributed by atoms with Gasteiger partial charge in [0.2, 0.25) is 0 Å². The van der Waals surface area contributed by atoms with E-state index in [1.165, 1.54) is 0 Å². The molecule has 0 aliphatic heterocycles. The van der Waals surface area contributed by atoms with E-state index in [9.17, 15) is 5.11 Å². The molecule has 0 bridgehead atoms. The maximum absolute atomic E-state index is 9.65. The summed E-state index contributed by atoms with van der Waals surface area (Å²) in [5, 5.41) is 10.2. The van der Waals surface area contributed by atoms with Crippen LogP contribution in [0.5, 0.6) is 5.75 Å². The van der Waals surface area contributed by atoms with E-state index in [-0.39, 0.29) is 0 Å². The van der Waals surface area contributed by atoms with E-state index in [1.54, 1.807) is 32.2 Å². The van der Waals surface area contributed by atoms with Gasteiger partial charge in [0.05, 0.1) is 12.7 Å². The predicted octanol–water partition coefficient (Wildman–Crippen LogP) is 2.83. The molecule has 0 fully saturated rings. The first-order valence-electron chi connectivity index (χ1n) is 6.32. The van der Waals surface area contributed by atoms with Crippen LogP contribution >= 0.6 is 11.6 Å². The van der Waals surface area contributed by atoms with Crippen molar-refractivity contribution in [1.29, 1.82) is 0 Å². The van der Waals surface area contributed by atoms with Gasteiger partial charge in [-0.1, -0.05) is 11.6 Å². The molecule has 0 radical (unpaired) electrons. The Kier molecular flexibility index (Phi) is 7.82. The first-order chi connectivity index (χ1) is 9.15. The minimum Gasteiger partial charge on any atom is -0.491 e.